The minimum Gasteiger partial charge on any atom is -0.454 e. The smallest absolute Gasteiger partial charge is 0.331 e. The second-order valence-electron chi connectivity index (χ2n) is 7.68. The van der Waals surface area contributed by atoms with Crippen molar-refractivity contribution in [3.63, 3.8) is 0 Å². The molecule has 0 aliphatic rings. The van der Waals surface area contributed by atoms with E-state index in [9.17, 15) is 13.2 Å². The third kappa shape index (κ3) is 5.35. The van der Waals surface area contributed by atoms with Crippen LogP contribution < -0.4 is 0 Å². The molecule has 0 N–H and O–H groups in total. The zero-order valence-corrected chi connectivity index (χ0v) is 19.6. The van der Waals surface area contributed by atoms with Gasteiger partial charge in [0.25, 0.3) is 10.0 Å². The zero-order valence-electron chi connectivity index (χ0n) is 18.8. The maximum absolute atomic E-state index is 12.1. The van der Waals surface area contributed by atoms with Gasteiger partial charge >= 0.3 is 5.97 Å². The van der Waals surface area contributed by atoms with Crippen LogP contribution in [0.5, 0.6) is 0 Å². The third-order valence-electron chi connectivity index (χ3n) is 5.01. The molecule has 0 amide bonds. The molecule has 1 aromatic carbocycles. The Morgan fingerprint density at radius 3 is 2.47 bits per heavy atom. The fourth-order valence-electron chi connectivity index (χ4n) is 3.07. The number of aryl methyl sites for hydroxylation is 2. The summed E-state index contributed by atoms with van der Waals surface area (Å²) >= 11 is 0. The Labute approximate surface area is 188 Å². The van der Waals surface area contributed by atoms with E-state index in [0.29, 0.717) is 6.54 Å². The van der Waals surface area contributed by atoms with Gasteiger partial charge in [-0.15, -0.1) is 0 Å². The molecule has 9 heteroatoms. The summed E-state index contributed by atoms with van der Waals surface area (Å²) in [6.07, 6.45) is 3.00. The molecule has 0 aliphatic heterocycles. The normalized spacial score (nSPS) is 12.1. The molecule has 2 heterocycles. The van der Waals surface area contributed by atoms with Crippen LogP contribution in [0.3, 0.4) is 0 Å². The van der Waals surface area contributed by atoms with Gasteiger partial charge in [-0.05, 0) is 44.5 Å². The van der Waals surface area contributed by atoms with E-state index in [4.69, 9.17) is 9.15 Å². The molecule has 0 spiro atoms. The van der Waals surface area contributed by atoms with E-state index >= 15 is 0 Å². The molecule has 32 heavy (non-hydrogen) atoms. The van der Waals surface area contributed by atoms with Gasteiger partial charge in [-0.25, -0.2) is 17.5 Å². The largest absolute Gasteiger partial charge is 0.454 e. The summed E-state index contributed by atoms with van der Waals surface area (Å²) in [5, 5.41) is 4.38. The molecule has 0 atom stereocenters. The van der Waals surface area contributed by atoms with Crippen LogP contribution in [0.4, 0.5) is 0 Å². The Morgan fingerprint density at radius 1 is 1.12 bits per heavy atom. The Bertz CT molecular complexity index is 1240. The lowest BCUT2D eigenvalue weighted by atomic mass is 10.1. The number of ether oxygens (including phenoxy) is 1. The van der Waals surface area contributed by atoms with Crippen LogP contribution in [-0.4, -0.2) is 42.6 Å². The number of hydrogen-bond acceptors (Lipinski definition) is 6. The second-order valence-corrected chi connectivity index (χ2v) is 9.76. The molecule has 170 valence electrons. The molecule has 3 rings (SSSR count). The van der Waals surface area contributed by atoms with E-state index in [0.717, 1.165) is 26.8 Å². The van der Waals surface area contributed by atoms with Crippen LogP contribution in [0.25, 0.3) is 6.08 Å². The van der Waals surface area contributed by atoms with Crippen LogP contribution in [0, 0.1) is 20.8 Å². The van der Waals surface area contributed by atoms with Gasteiger partial charge in [-0.3, -0.25) is 4.68 Å². The Morgan fingerprint density at radius 2 is 1.81 bits per heavy atom. The fourth-order valence-corrected chi connectivity index (χ4v) is 3.88. The van der Waals surface area contributed by atoms with Crippen LogP contribution in [0.15, 0.2) is 52.0 Å². The number of carbonyl (C=O) groups is 1. The van der Waals surface area contributed by atoms with Crippen molar-refractivity contribution in [3.05, 3.63) is 76.3 Å². The van der Waals surface area contributed by atoms with Crippen molar-refractivity contribution >= 4 is 22.1 Å². The predicted octanol–water partition coefficient (Wildman–Crippen LogP) is 3.46. The molecule has 0 saturated carbocycles. The monoisotopic (exact) mass is 457 g/mol. The van der Waals surface area contributed by atoms with Crippen LogP contribution in [0.2, 0.25) is 0 Å². The number of carbonyl (C=O) groups excluding carboxylic acids is 1. The first-order valence-corrected chi connectivity index (χ1v) is 11.5. The van der Waals surface area contributed by atoms with Gasteiger partial charge in [0.2, 0.25) is 5.09 Å². The van der Waals surface area contributed by atoms with Crippen LogP contribution in [-0.2, 0) is 32.7 Å². The van der Waals surface area contributed by atoms with Crippen molar-refractivity contribution in [2.75, 3.05) is 14.1 Å². The van der Waals surface area contributed by atoms with E-state index in [1.54, 1.807) is 6.08 Å². The summed E-state index contributed by atoms with van der Waals surface area (Å²) in [5.74, 6) is -0.325. The first kappa shape index (κ1) is 23.5. The standard InChI is InChI=1S/C23H27N3O5S/c1-16-6-8-19(9-7-16)14-26-18(3)21(17(2)24-26)11-12-22(27)30-15-20-10-13-23(31-20)32(28,29)25(4)5/h6-13H,14-15H2,1-5H3/b12-11+. The number of esters is 1. The van der Waals surface area contributed by atoms with E-state index in [-0.39, 0.29) is 17.5 Å². The van der Waals surface area contributed by atoms with Crippen molar-refractivity contribution in [1.82, 2.24) is 14.1 Å². The Hall–Kier alpha value is -3.17. The summed E-state index contributed by atoms with van der Waals surface area (Å²) in [5.41, 5.74) is 4.95. The highest BCUT2D eigenvalue weighted by atomic mass is 32.2. The lowest BCUT2D eigenvalue weighted by Crippen LogP contribution is -2.21. The summed E-state index contributed by atoms with van der Waals surface area (Å²) in [7, 11) is -0.846. The summed E-state index contributed by atoms with van der Waals surface area (Å²) in [6, 6.07) is 11.1. The second kappa shape index (κ2) is 9.54. The number of rotatable bonds is 8. The molecule has 2 aromatic heterocycles. The average molecular weight is 458 g/mol. The van der Waals surface area contributed by atoms with E-state index in [1.165, 1.54) is 37.9 Å². The number of nitrogens with zero attached hydrogens (tertiary/aromatic N) is 3. The van der Waals surface area contributed by atoms with Gasteiger partial charge < -0.3 is 9.15 Å². The number of benzene rings is 1. The summed E-state index contributed by atoms with van der Waals surface area (Å²) in [4.78, 5) is 12.1. The molecule has 0 unspecified atom stereocenters. The van der Waals surface area contributed by atoms with E-state index in [1.807, 2.05) is 25.5 Å². The van der Waals surface area contributed by atoms with Crippen LogP contribution in [0.1, 0.15) is 33.8 Å². The van der Waals surface area contributed by atoms with Gasteiger partial charge in [0, 0.05) is 31.4 Å². The SMILES string of the molecule is Cc1ccc(Cn2nc(C)c(/C=C/C(=O)OCc3ccc(S(=O)(=O)N(C)C)o3)c2C)cc1. The number of sulfonamides is 1. The number of hydrogen-bond donors (Lipinski definition) is 0. The van der Waals surface area contributed by atoms with Crippen molar-refractivity contribution in [2.45, 2.75) is 39.0 Å². The quantitative estimate of drug-likeness (QED) is 0.380. The van der Waals surface area contributed by atoms with Crippen molar-refractivity contribution < 1.29 is 22.4 Å². The maximum Gasteiger partial charge on any atom is 0.331 e. The molecule has 0 radical (unpaired) electrons. The van der Waals surface area contributed by atoms with E-state index in [2.05, 4.69) is 29.4 Å². The Kier molecular flexibility index (Phi) is 7.00. The third-order valence-corrected chi connectivity index (χ3v) is 6.69. The lowest BCUT2D eigenvalue weighted by molar-refractivity contribution is -0.139. The fraction of sp³-hybridized carbons (Fsp3) is 0.304. The minimum absolute atomic E-state index is 0.170. The maximum atomic E-state index is 12.1. The molecule has 0 aliphatic carbocycles. The van der Waals surface area contributed by atoms with Crippen molar-refractivity contribution in [2.24, 2.45) is 0 Å². The summed E-state index contributed by atoms with van der Waals surface area (Å²) in [6.45, 7) is 6.36. The van der Waals surface area contributed by atoms with Gasteiger partial charge in [-0.2, -0.15) is 5.10 Å². The van der Waals surface area contributed by atoms with Gasteiger partial charge in [0.1, 0.15) is 12.4 Å². The molecule has 0 fully saturated rings. The molecule has 0 bridgehead atoms. The predicted molar refractivity (Wildman–Crippen MR) is 120 cm³/mol. The topological polar surface area (TPSA) is 94.6 Å². The highest BCUT2D eigenvalue weighted by Crippen LogP contribution is 2.19. The average Bonchev–Trinajstić information content (AvgIpc) is 3.32. The first-order valence-electron chi connectivity index (χ1n) is 10.0. The van der Waals surface area contributed by atoms with Crippen molar-refractivity contribution in [1.29, 1.82) is 0 Å². The molecule has 3 aromatic rings. The number of aromatic nitrogens is 2. The van der Waals surface area contributed by atoms with Crippen molar-refractivity contribution in [3.8, 4) is 0 Å². The van der Waals surface area contributed by atoms with Gasteiger partial charge in [0.05, 0.1) is 12.2 Å². The highest BCUT2D eigenvalue weighted by molar-refractivity contribution is 7.88. The molecule has 0 saturated heterocycles. The highest BCUT2D eigenvalue weighted by Gasteiger charge is 2.21. The summed E-state index contributed by atoms with van der Waals surface area (Å²) < 4.78 is 37.5. The zero-order chi connectivity index (χ0) is 23.5. The lowest BCUT2D eigenvalue weighted by Gasteiger charge is -2.07. The number of furan rings is 1. The Balaban J connectivity index is 1.63. The first-order chi connectivity index (χ1) is 15.1. The van der Waals surface area contributed by atoms with Gasteiger partial charge in [-0.1, -0.05) is 29.8 Å². The van der Waals surface area contributed by atoms with E-state index < -0.39 is 16.0 Å². The minimum atomic E-state index is -3.67. The molecular weight excluding hydrogens is 430 g/mol. The van der Waals surface area contributed by atoms with Crippen LogP contribution >= 0.6 is 0 Å². The molecule has 8 nitrogen and oxygen atoms in total. The van der Waals surface area contributed by atoms with Gasteiger partial charge in [0.15, 0.2) is 0 Å². The molecular formula is C23H27N3O5S.